The Kier molecular flexibility index (Phi) is 12.9. The van der Waals surface area contributed by atoms with Crippen molar-refractivity contribution in [2.24, 2.45) is 5.11 Å². The minimum absolute atomic E-state index is 0.290. The zero-order valence-electron chi connectivity index (χ0n) is 27.1. The van der Waals surface area contributed by atoms with E-state index < -0.39 is 29.9 Å². The van der Waals surface area contributed by atoms with Crippen molar-refractivity contribution in [3.05, 3.63) is 178 Å². The molecule has 0 spiro atoms. The average Bonchev–Trinajstić information content (AvgIpc) is 3.15. The van der Waals surface area contributed by atoms with Gasteiger partial charge >= 0.3 is 0 Å². The van der Waals surface area contributed by atoms with Crippen LogP contribution in [0.25, 0.3) is 10.4 Å². The van der Waals surface area contributed by atoms with E-state index in [2.05, 4.69) is 22.2 Å². The van der Waals surface area contributed by atoms with Crippen molar-refractivity contribution < 1.29 is 23.7 Å². The minimum atomic E-state index is -0.517. The molecule has 1 heterocycles. The Hall–Kier alpha value is -4.44. The van der Waals surface area contributed by atoms with Gasteiger partial charge in [-0.1, -0.05) is 150 Å². The van der Waals surface area contributed by atoms with E-state index in [1.54, 1.807) is 12.1 Å². The van der Waals surface area contributed by atoms with Crippen LogP contribution in [0.4, 0.5) is 5.69 Å². The first kappa shape index (κ1) is 34.4. The lowest BCUT2D eigenvalue weighted by Gasteiger charge is -2.46. The summed E-state index contributed by atoms with van der Waals surface area (Å²) in [5.41, 5.74) is 13.2. The Morgan fingerprint density at radius 3 is 1.49 bits per heavy atom. The molecular formula is C40H39N3O5S. The van der Waals surface area contributed by atoms with Crippen molar-refractivity contribution in [2.75, 3.05) is 6.61 Å². The van der Waals surface area contributed by atoms with Gasteiger partial charge in [0.1, 0.15) is 29.9 Å². The second-order valence-corrected chi connectivity index (χ2v) is 12.8. The number of nitrogens with zero attached hydrogens (tertiary/aromatic N) is 3. The maximum Gasteiger partial charge on any atom is 0.137 e. The standard InChI is InChI=1S/C40H39N3O5S/c41-43-42-34-21-23-35(24-22-34)49-40-39(47-28-33-19-11-4-12-20-33)38(46-27-32-17-9-3-10-18-32)37(45-26-31-15-7-2-8-16-31)36(48-40)29-44-25-30-13-5-1-6-14-30/h1-24,36-40H,25-29H2/t36-,37-,38+,39-,40+/m1/s1. The highest BCUT2D eigenvalue weighted by Gasteiger charge is 2.49. The molecule has 0 amide bonds. The highest BCUT2D eigenvalue weighted by Crippen LogP contribution is 2.39. The lowest BCUT2D eigenvalue weighted by Crippen LogP contribution is -2.60. The number of hydrogen-bond acceptors (Lipinski definition) is 7. The second-order valence-electron chi connectivity index (χ2n) is 11.6. The molecule has 6 rings (SSSR count). The van der Waals surface area contributed by atoms with E-state index in [1.807, 2.05) is 121 Å². The molecule has 0 N–H and O–H groups in total. The van der Waals surface area contributed by atoms with Crippen LogP contribution in [-0.4, -0.2) is 36.5 Å². The molecule has 1 saturated heterocycles. The van der Waals surface area contributed by atoms with E-state index in [4.69, 9.17) is 29.2 Å². The second kappa shape index (κ2) is 18.4. The summed E-state index contributed by atoms with van der Waals surface area (Å²) in [7, 11) is 0. The molecule has 0 unspecified atom stereocenters. The van der Waals surface area contributed by atoms with Crippen LogP contribution >= 0.6 is 11.8 Å². The van der Waals surface area contributed by atoms with Gasteiger partial charge in [0, 0.05) is 15.5 Å². The molecule has 5 aromatic rings. The summed E-state index contributed by atoms with van der Waals surface area (Å²) in [5.74, 6) is 0. The van der Waals surface area contributed by atoms with Gasteiger partial charge < -0.3 is 23.7 Å². The van der Waals surface area contributed by atoms with E-state index in [9.17, 15) is 0 Å². The van der Waals surface area contributed by atoms with Crippen molar-refractivity contribution in [3.63, 3.8) is 0 Å². The maximum absolute atomic E-state index is 8.89. The molecule has 1 fully saturated rings. The molecule has 0 bridgehead atoms. The fraction of sp³-hybridized carbons (Fsp3) is 0.250. The first-order chi connectivity index (χ1) is 24.2. The third-order valence-electron chi connectivity index (χ3n) is 8.09. The van der Waals surface area contributed by atoms with Gasteiger partial charge in [-0.2, -0.15) is 0 Å². The molecule has 1 aliphatic heterocycles. The molecule has 49 heavy (non-hydrogen) atoms. The van der Waals surface area contributed by atoms with Gasteiger partial charge in [0.25, 0.3) is 0 Å². The van der Waals surface area contributed by atoms with E-state index in [0.717, 1.165) is 27.1 Å². The van der Waals surface area contributed by atoms with Crippen LogP contribution in [0.3, 0.4) is 0 Å². The lowest BCUT2D eigenvalue weighted by molar-refractivity contribution is -0.254. The van der Waals surface area contributed by atoms with Crippen LogP contribution < -0.4 is 0 Å². The number of benzene rings is 5. The molecule has 5 atom stereocenters. The topological polar surface area (TPSA) is 94.9 Å². The molecule has 8 nitrogen and oxygen atoms in total. The molecule has 0 saturated carbocycles. The third kappa shape index (κ3) is 10.3. The van der Waals surface area contributed by atoms with Crippen LogP contribution in [0, 0.1) is 0 Å². The Morgan fingerprint density at radius 2 is 1.00 bits per heavy atom. The zero-order valence-corrected chi connectivity index (χ0v) is 27.9. The summed E-state index contributed by atoms with van der Waals surface area (Å²) >= 11 is 1.54. The van der Waals surface area contributed by atoms with Crippen molar-refractivity contribution in [1.29, 1.82) is 0 Å². The van der Waals surface area contributed by atoms with E-state index in [0.29, 0.717) is 32.1 Å². The lowest BCUT2D eigenvalue weighted by atomic mass is 9.98. The summed E-state index contributed by atoms with van der Waals surface area (Å²) in [6.45, 7) is 1.84. The van der Waals surface area contributed by atoms with Crippen molar-refractivity contribution >= 4 is 17.4 Å². The van der Waals surface area contributed by atoms with Gasteiger partial charge in [-0.15, -0.1) is 0 Å². The Bertz CT molecular complexity index is 1730. The Labute approximate surface area is 291 Å². The molecule has 0 aromatic heterocycles. The molecule has 1 aliphatic rings. The molecule has 250 valence electrons. The number of azide groups is 1. The SMILES string of the molecule is [N-]=[N+]=Nc1ccc(S[C@@H]2O[C@H](COCc3ccccc3)[C@@H](OCc3ccccc3)[C@H](OCc3ccccc3)[C@H]2OCc2ccccc2)cc1. The zero-order chi connectivity index (χ0) is 33.5. The molecule has 0 radical (unpaired) electrons. The predicted octanol–water partition coefficient (Wildman–Crippen LogP) is 9.42. The minimum Gasteiger partial charge on any atom is -0.374 e. The summed E-state index contributed by atoms with van der Waals surface area (Å²) in [4.78, 5) is 3.84. The number of thioether (sulfide) groups is 1. The van der Waals surface area contributed by atoms with Crippen LogP contribution in [0.15, 0.2) is 156 Å². The summed E-state index contributed by atoms with van der Waals surface area (Å²) in [6, 6.07) is 47.8. The number of ether oxygens (including phenoxy) is 5. The van der Waals surface area contributed by atoms with Crippen LogP contribution in [0.5, 0.6) is 0 Å². The van der Waals surface area contributed by atoms with Crippen LogP contribution in [0.1, 0.15) is 22.3 Å². The van der Waals surface area contributed by atoms with Crippen LogP contribution in [-0.2, 0) is 50.1 Å². The fourth-order valence-corrected chi connectivity index (χ4v) is 6.75. The number of rotatable bonds is 16. The third-order valence-corrected chi connectivity index (χ3v) is 9.25. The largest absolute Gasteiger partial charge is 0.374 e. The highest BCUT2D eigenvalue weighted by molar-refractivity contribution is 7.99. The van der Waals surface area contributed by atoms with Crippen molar-refractivity contribution in [3.8, 4) is 0 Å². The van der Waals surface area contributed by atoms with Gasteiger partial charge in [0.05, 0.1) is 33.0 Å². The van der Waals surface area contributed by atoms with Gasteiger partial charge in [-0.05, 0) is 39.9 Å². The summed E-state index contributed by atoms with van der Waals surface area (Å²) in [5, 5.41) is 3.73. The number of hydrogen-bond donors (Lipinski definition) is 0. The molecule has 9 heteroatoms. The van der Waals surface area contributed by atoms with Gasteiger partial charge in [0.2, 0.25) is 0 Å². The van der Waals surface area contributed by atoms with Crippen LogP contribution in [0.2, 0.25) is 0 Å². The summed E-state index contributed by atoms with van der Waals surface area (Å²) < 4.78 is 33.6. The van der Waals surface area contributed by atoms with E-state index >= 15 is 0 Å². The quantitative estimate of drug-likeness (QED) is 0.0588. The molecule has 0 aliphatic carbocycles. The normalized spacial score (nSPS) is 20.4. The maximum atomic E-state index is 8.89. The molecule has 5 aromatic carbocycles. The molecular weight excluding hydrogens is 635 g/mol. The average molecular weight is 674 g/mol. The Morgan fingerprint density at radius 1 is 0.551 bits per heavy atom. The van der Waals surface area contributed by atoms with Gasteiger partial charge in [0.15, 0.2) is 0 Å². The predicted molar refractivity (Wildman–Crippen MR) is 191 cm³/mol. The first-order valence-corrected chi connectivity index (χ1v) is 17.2. The summed E-state index contributed by atoms with van der Waals surface area (Å²) in [6.07, 6.45) is -2.00. The smallest absolute Gasteiger partial charge is 0.137 e. The first-order valence-electron chi connectivity index (χ1n) is 16.3. The monoisotopic (exact) mass is 673 g/mol. The van der Waals surface area contributed by atoms with E-state index in [1.165, 1.54) is 11.8 Å². The van der Waals surface area contributed by atoms with Gasteiger partial charge in [-0.3, -0.25) is 0 Å². The van der Waals surface area contributed by atoms with E-state index in [-0.39, 0.29) is 6.61 Å². The highest BCUT2D eigenvalue weighted by atomic mass is 32.2. The van der Waals surface area contributed by atoms with Crippen molar-refractivity contribution in [1.82, 2.24) is 0 Å². The van der Waals surface area contributed by atoms with Crippen molar-refractivity contribution in [2.45, 2.75) is 61.2 Å². The Balaban J connectivity index is 1.32. The van der Waals surface area contributed by atoms with Gasteiger partial charge in [-0.25, -0.2) is 0 Å². The fourth-order valence-electron chi connectivity index (χ4n) is 5.62.